The number of nitrogens with zero attached hydrogens (tertiary/aromatic N) is 3. The lowest BCUT2D eigenvalue weighted by Crippen LogP contribution is -2.24. The number of benzene rings is 2. The molecule has 3 aromatic rings. The molecular formula is C20H18ClFN4O3. The molecule has 0 aliphatic heterocycles. The van der Waals surface area contributed by atoms with Gasteiger partial charge in [0.15, 0.2) is 18.1 Å². The highest BCUT2D eigenvalue weighted by Crippen LogP contribution is 2.25. The van der Waals surface area contributed by atoms with Gasteiger partial charge in [0, 0.05) is 0 Å². The summed E-state index contributed by atoms with van der Waals surface area (Å²) in [6.45, 7) is 1.51. The predicted molar refractivity (Wildman–Crippen MR) is 107 cm³/mol. The van der Waals surface area contributed by atoms with Crippen LogP contribution in [-0.2, 0) is 4.79 Å². The molecule has 7 nitrogen and oxygen atoms in total. The number of hydrogen-bond acceptors (Lipinski definition) is 5. The van der Waals surface area contributed by atoms with Gasteiger partial charge in [0.2, 0.25) is 0 Å². The van der Waals surface area contributed by atoms with E-state index in [1.807, 2.05) is 0 Å². The number of para-hydroxylation sites is 2. The molecule has 0 bridgehead atoms. The highest BCUT2D eigenvalue weighted by Gasteiger charge is 2.13. The van der Waals surface area contributed by atoms with E-state index in [0.717, 1.165) is 0 Å². The van der Waals surface area contributed by atoms with Crippen LogP contribution in [0.15, 0.2) is 53.6 Å². The quantitative estimate of drug-likeness (QED) is 0.472. The standard InChI is InChI=1S/C20H18ClFN4O3/c1-13-16(20(21)26(25-13)15-9-7-14(22)8-10-15)11-23-24-19(27)12-29-18-6-4-3-5-17(18)28-2/h3-11H,12H2,1-2H3,(H,24,27)/b23-11+. The van der Waals surface area contributed by atoms with Crippen molar-refractivity contribution in [1.29, 1.82) is 0 Å². The predicted octanol–water partition coefficient (Wildman–Crippen LogP) is 3.51. The SMILES string of the molecule is COc1ccccc1OCC(=O)N/N=C/c1c(C)nn(-c2ccc(F)cc2)c1Cl. The minimum absolute atomic E-state index is 0.237. The molecule has 9 heteroatoms. The van der Waals surface area contributed by atoms with Gasteiger partial charge in [0.1, 0.15) is 11.0 Å². The maximum absolute atomic E-state index is 13.1. The van der Waals surface area contributed by atoms with Crippen molar-refractivity contribution in [3.8, 4) is 17.2 Å². The summed E-state index contributed by atoms with van der Waals surface area (Å²) in [7, 11) is 1.52. The zero-order valence-electron chi connectivity index (χ0n) is 15.7. The molecule has 1 aromatic heterocycles. The summed E-state index contributed by atoms with van der Waals surface area (Å²) in [5.41, 5.74) is 4.10. The van der Waals surface area contributed by atoms with Gasteiger partial charge in [-0.25, -0.2) is 14.5 Å². The van der Waals surface area contributed by atoms with E-state index in [-0.39, 0.29) is 17.6 Å². The van der Waals surface area contributed by atoms with E-state index in [1.54, 1.807) is 43.3 Å². The zero-order valence-corrected chi connectivity index (χ0v) is 16.5. The Balaban J connectivity index is 1.63. The van der Waals surface area contributed by atoms with Gasteiger partial charge in [-0.1, -0.05) is 23.7 Å². The van der Waals surface area contributed by atoms with E-state index >= 15 is 0 Å². The molecule has 0 aliphatic rings. The lowest BCUT2D eigenvalue weighted by Gasteiger charge is -2.09. The van der Waals surface area contributed by atoms with Crippen LogP contribution in [-0.4, -0.2) is 35.6 Å². The second-order valence-corrected chi connectivity index (χ2v) is 6.27. The first-order valence-electron chi connectivity index (χ1n) is 8.58. The molecule has 150 valence electrons. The molecule has 0 radical (unpaired) electrons. The van der Waals surface area contributed by atoms with Gasteiger partial charge in [-0.2, -0.15) is 10.2 Å². The molecule has 0 saturated heterocycles. The molecule has 0 saturated carbocycles. The Bertz CT molecular complexity index is 1030. The smallest absolute Gasteiger partial charge is 0.277 e. The van der Waals surface area contributed by atoms with Crippen LogP contribution in [0.4, 0.5) is 4.39 Å². The summed E-state index contributed by atoms with van der Waals surface area (Å²) in [5.74, 6) is 0.174. The van der Waals surface area contributed by atoms with Crippen LogP contribution in [0, 0.1) is 12.7 Å². The number of carbonyl (C=O) groups is 1. The van der Waals surface area contributed by atoms with Gasteiger partial charge in [0.05, 0.1) is 30.3 Å². The topological polar surface area (TPSA) is 77.7 Å². The Labute approximate surface area is 171 Å². The summed E-state index contributed by atoms with van der Waals surface area (Å²) in [5, 5.41) is 8.52. The highest BCUT2D eigenvalue weighted by molar-refractivity contribution is 6.32. The van der Waals surface area contributed by atoms with Crippen molar-refractivity contribution in [2.75, 3.05) is 13.7 Å². The van der Waals surface area contributed by atoms with Gasteiger partial charge in [0.25, 0.3) is 5.91 Å². The highest BCUT2D eigenvalue weighted by atomic mass is 35.5. The molecule has 1 amide bonds. The molecule has 0 atom stereocenters. The number of carbonyl (C=O) groups excluding carboxylic acids is 1. The van der Waals surface area contributed by atoms with Crippen molar-refractivity contribution in [3.63, 3.8) is 0 Å². The average molecular weight is 417 g/mol. The van der Waals surface area contributed by atoms with Gasteiger partial charge >= 0.3 is 0 Å². The van der Waals surface area contributed by atoms with Gasteiger partial charge in [-0.15, -0.1) is 0 Å². The Morgan fingerprint density at radius 2 is 1.93 bits per heavy atom. The van der Waals surface area contributed by atoms with Crippen LogP contribution in [0.25, 0.3) is 5.69 Å². The molecule has 2 aromatic carbocycles. The fraction of sp³-hybridized carbons (Fsp3) is 0.150. The maximum atomic E-state index is 13.1. The first kappa shape index (κ1) is 20.3. The third-order valence-electron chi connectivity index (χ3n) is 3.93. The van der Waals surface area contributed by atoms with Gasteiger partial charge < -0.3 is 9.47 Å². The Kier molecular flexibility index (Phi) is 6.46. The number of nitrogens with one attached hydrogen (secondary N) is 1. The lowest BCUT2D eigenvalue weighted by atomic mass is 10.3. The van der Waals surface area contributed by atoms with Crippen LogP contribution in [0.3, 0.4) is 0 Å². The average Bonchev–Trinajstić information content (AvgIpc) is 3.01. The number of methoxy groups -OCH3 is 1. The van der Waals surface area contributed by atoms with E-state index < -0.39 is 5.91 Å². The second kappa shape index (κ2) is 9.20. The van der Waals surface area contributed by atoms with E-state index in [1.165, 1.54) is 30.1 Å². The number of rotatable bonds is 7. The number of amides is 1. The second-order valence-electron chi connectivity index (χ2n) is 5.91. The lowest BCUT2D eigenvalue weighted by molar-refractivity contribution is -0.123. The van der Waals surface area contributed by atoms with Crippen LogP contribution in [0.2, 0.25) is 5.15 Å². The van der Waals surface area contributed by atoms with Crippen molar-refractivity contribution in [2.24, 2.45) is 5.10 Å². The van der Waals surface area contributed by atoms with Gasteiger partial charge in [-0.05, 0) is 43.3 Å². The molecule has 0 spiro atoms. The Morgan fingerprint density at radius 3 is 2.62 bits per heavy atom. The van der Waals surface area contributed by atoms with Crippen molar-refractivity contribution < 1.29 is 18.7 Å². The monoisotopic (exact) mass is 416 g/mol. The molecule has 1 heterocycles. The summed E-state index contributed by atoms with van der Waals surface area (Å²) < 4.78 is 25.1. The maximum Gasteiger partial charge on any atom is 0.277 e. The van der Waals surface area contributed by atoms with Crippen molar-refractivity contribution in [2.45, 2.75) is 6.92 Å². The molecule has 1 N–H and O–H groups in total. The summed E-state index contributed by atoms with van der Waals surface area (Å²) in [6.07, 6.45) is 1.39. The number of hydrazone groups is 1. The van der Waals surface area contributed by atoms with Crippen LogP contribution in [0.5, 0.6) is 11.5 Å². The van der Waals surface area contributed by atoms with Crippen molar-refractivity contribution >= 4 is 23.7 Å². The minimum atomic E-state index is -0.452. The van der Waals surface area contributed by atoms with Crippen LogP contribution in [0.1, 0.15) is 11.3 Å². The molecule has 0 fully saturated rings. The van der Waals surface area contributed by atoms with E-state index in [4.69, 9.17) is 21.1 Å². The molecule has 0 aliphatic carbocycles. The van der Waals surface area contributed by atoms with Crippen LogP contribution >= 0.6 is 11.6 Å². The number of ether oxygens (including phenoxy) is 2. The molecule has 0 unspecified atom stereocenters. The Morgan fingerprint density at radius 1 is 1.24 bits per heavy atom. The first-order valence-corrected chi connectivity index (χ1v) is 8.96. The third kappa shape index (κ3) is 4.91. The molecule has 29 heavy (non-hydrogen) atoms. The minimum Gasteiger partial charge on any atom is -0.493 e. The number of aryl methyl sites for hydroxylation is 1. The number of hydrogen-bond donors (Lipinski definition) is 1. The zero-order chi connectivity index (χ0) is 20.8. The third-order valence-corrected chi connectivity index (χ3v) is 4.29. The van der Waals surface area contributed by atoms with Crippen molar-refractivity contribution in [3.05, 3.63) is 70.8 Å². The molecular weight excluding hydrogens is 399 g/mol. The van der Waals surface area contributed by atoms with Crippen LogP contribution < -0.4 is 14.9 Å². The largest absolute Gasteiger partial charge is 0.493 e. The summed E-state index contributed by atoms with van der Waals surface area (Å²) >= 11 is 6.36. The molecule has 3 rings (SSSR count). The number of halogens is 2. The number of aromatic nitrogens is 2. The normalized spacial score (nSPS) is 10.9. The van der Waals surface area contributed by atoms with E-state index in [2.05, 4.69) is 15.6 Å². The van der Waals surface area contributed by atoms with Crippen molar-refractivity contribution in [1.82, 2.24) is 15.2 Å². The van der Waals surface area contributed by atoms with E-state index in [0.29, 0.717) is 28.4 Å². The van der Waals surface area contributed by atoms with Gasteiger partial charge in [-0.3, -0.25) is 4.79 Å². The fourth-order valence-corrected chi connectivity index (χ4v) is 2.81. The fourth-order valence-electron chi connectivity index (χ4n) is 2.49. The summed E-state index contributed by atoms with van der Waals surface area (Å²) in [4.78, 5) is 12.0. The Hall–Kier alpha value is -3.39. The first-order chi connectivity index (χ1) is 14.0. The van der Waals surface area contributed by atoms with E-state index in [9.17, 15) is 9.18 Å². The summed E-state index contributed by atoms with van der Waals surface area (Å²) in [6, 6.07) is 12.8.